The normalized spacial score (nSPS) is 1.25. The van der Waals surface area contributed by atoms with E-state index in [2.05, 4.69) is 15.7 Å². The van der Waals surface area contributed by atoms with Crippen LogP contribution in [-0.4, -0.2) is 48.3 Å². The van der Waals surface area contributed by atoms with Gasteiger partial charge in [-0.15, -0.1) is 0 Å². The molecule has 0 atom stereocenters. The number of hydrogen-bond acceptors (Lipinski definition) is 1. The molecule has 0 spiro atoms. The molecule has 0 aromatic heterocycles. The van der Waals surface area contributed by atoms with Crippen molar-refractivity contribution in [3.63, 3.8) is 0 Å². The zero-order valence-corrected chi connectivity index (χ0v) is 8.14. The molecule has 1 nitrogen and oxygen atoms in total. The Morgan fingerprint density at radius 1 is 1.25 bits per heavy atom. The van der Waals surface area contributed by atoms with E-state index >= 15 is 0 Å². The van der Waals surface area contributed by atoms with E-state index in [4.69, 9.17) is 3.87 Å². The fourth-order valence-corrected chi connectivity index (χ4v) is 0. The van der Waals surface area contributed by atoms with Gasteiger partial charge in [0.1, 0.15) is 0 Å². The van der Waals surface area contributed by atoms with E-state index in [0.29, 0.717) is 0 Å². The van der Waals surface area contributed by atoms with Crippen LogP contribution in [0.2, 0.25) is 0 Å². The van der Waals surface area contributed by atoms with E-state index in [1.54, 1.807) is 0 Å². The molecule has 0 amide bonds. The SMILES string of the molecule is [O]=[Co].[Sb].[Sn]. The van der Waals surface area contributed by atoms with Crippen molar-refractivity contribution >= 4 is 48.3 Å². The van der Waals surface area contributed by atoms with Crippen LogP contribution < -0.4 is 0 Å². The minimum absolute atomic E-state index is 0. The van der Waals surface area contributed by atoms with Crippen molar-refractivity contribution in [2.45, 2.75) is 0 Å². The van der Waals surface area contributed by atoms with Crippen LogP contribution in [0, 0.1) is 0 Å². The summed E-state index contributed by atoms with van der Waals surface area (Å²) in [7, 11) is 0. The Hall–Kier alpha value is 1.92. The monoisotopic (exact) mass is 316 g/mol. The summed E-state index contributed by atoms with van der Waals surface area (Å²) < 4.78 is 7.94. The van der Waals surface area contributed by atoms with Crippen LogP contribution >= 0.6 is 0 Å². The van der Waals surface area contributed by atoms with Crippen LogP contribution in [0.25, 0.3) is 0 Å². The Bertz CT molecular complexity index is 8.00. The van der Waals surface area contributed by atoms with E-state index in [9.17, 15) is 0 Å². The Balaban J connectivity index is -0.00000000500. The van der Waals surface area contributed by atoms with Gasteiger partial charge in [0.25, 0.3) is 0 Å². The molecule has 0 saturated heterocycles. The zero-order chi connectivity index (χ0) is 2.00. The molecule has 0 bridgehead atoms. The topological polar surface area (TPSA) is 17.1 Å². The predicted molar refractivity (Wildman–Crippen MR) is 12.2 cm³/mol. The minimum atomic E-state index is 0. The fraction of sp³-hybridized carbons (Fsp3) is 0. The summed E-state index contributed by atoms with van der Waals surface area (Å²) in [5.41, 5.74) is 0. The second-order valence-corrected chi connectivity index (χ2v) is 0. The first-order valence-corrected chi connectivity index (χ1v) is 0.561. The molecule has 0 N–H and O–H groups in total. The fourth-order valence-electron chi connectivity index (χ4n) is 0. The third kappa shape index (κ3) is 9.06. The number of rotatable bonds is 0. The van der Waals surface area contributed by atoms with Crippen molar-refractivity contribution in [3.8, 4) is 0 Å². The quantitative estimate of drug-likeness (QED) is 0.531. The summed E-state index contributed by atoms with van der Waals surface area (Å²) in [6.45, 7) is 0. The van der Waals surface area contributed by atoms with Gasteiger partial charge in [0.15, 0.2) is 0 Å². The molecule has 0 aliphatic rings. The molecule has 4 heteroatoms. The van der Waals surface area contributed by atoms with Crippen LogP contribution in [0.3, 0.4) is 0 Å². The van der Waals surface area contributed by atoms with Gasteiger partial charge in [-0.2, -0.15) is 0 Å². The van der Waals surface area contributed by atoms with E-state index in [1.807, 2.05) is 0 Å². The first-order valence-electron chi connectivity index (χ1n) is 0.136. The van der Waals surface area contributed by atoms with Crippen LogP contribution in [-0.2, 0) is 19.5 Å². The summed E-state index contributed by atoms with van der Waals surface area (Å²) in [4.78, 5) is 0. The first kappa shape index (κ1) is 16.8. The van der Waals surface area contributed by atoms with Crippen LogP contribution in [0.1, 0.15) is 0 Å². The van der Waals surface area contributed by atoms with Crippen molar-refractivity contribution in [1.82, 2.24) is 0 Å². The zero-order valence-electron chi connectivity index (χ0n) is 1.69. The maximum absolute atomic E-state index is 7.94. The molecule has 0 heterocycles. The molecule has 0 aliphatic heterocycles. The van der Waals surface area contributed by atoms with Crippen LogP contribution in [0.5, 0.6) is 0 Å². The molecule has 7 radical (unpaired) electrons. The van der Waals surface area contributed by atoms with Crippen LogP contribution in [0.4, 0.5) is 0 Å². The number of hydrogen-bond donors (Lipinski definition) is 0. The van der Waals surface area contributed by atoms with Crippen molar-refractivity contribution in [3.05, 3.63) is 0 Å². The van der Waals surface area contributed by atoms with Gasteiger partial charge in [0, 0.05) is 48.3 Å². The average molecular weight is 315 g/mol. The van der Waals surface area contributed by atoms with Crippen molar-refractivity contribution in [2.24, 2.45) is 0 Å². The van der Waals surface area contributed by atoms with Gasteiger partial charge in [-0.3, -0.25) is 0 Å². The molecule has 0 aromatic rings. The third-order valence-electron chi connectivity index (χ3n) is 0. The van der Waals surface area contributed by atoms with Crippen molar-refractivity contribution in [1.29, 1.82) is 0 Å². The van der Waals surface area contributed by atoms with E-state index in [1.165, 1.54) is 0 Å². The summed E-state index contributed by atoms with van der Waals surface area (Å²) >= 11 is 2.31. The second-order valence-electron chi connectivity index (χ2n) is 0. The summed E-state index contributed by atoms with van der Waals surface area (Å²) in [6, 6.07) is 0. The predicted octanol–water partition coefficient (Wildman–Crippen LogP) is -0.883. The molecule has 24 valence electrons. The Morgan fingerprint density at radius 3 is 1.25 bits per heavy atom. The van der Waals surface area contributed by atoms with E-state index in [0.717, 1.165) is 0 Å². The summed E-state index contributed by atoms with van der Waals surface area (Å²) in [6.07, 6.45) is 0. The van der Waals surface area contributed by atoms with Crippen molar-refractivity contribution < 1.29 is 19.5 Å². The Morgan fingerprint density at radius 2 is 1.25 bits per heavy atom. The molecule has 0 saturated carbocycles. The van der Waals surface area contributed by atoms with Crippen LogP contribution in [0.15, 0.2) is 0 Å². The maximum Gasteiger partial charge on any atom is 0 e. The van der Waals surface area contributed by atoms with Gasteiger partial charge >= 0.3 is 19.5 Å². The third-order valence-corrected chi connectivity index (χ3v) is 0. The van der Waals surface area contributed by atoms with Gasteiger partial charge in [-0.25, -0.2) is 0 Å². The average Bonchev–Trinajstić information content (AvgIpc) is 1.00. The van der Waals surface area contributed by atoms with Gasteiger partial charge in [-0.1, -0.05) is 0 Å². The minimum Gasteiger partial charge on any atom is 0 e. The Labute approximate surface area is 67.1 Å². The first-order chi connectivity index (χ1) is 1.00. The summed E-state index contributed by atoms with van der Waals surface area (Å²) in [5, 5.41) is 0. The Kier molecular flexibility index (Phi) is 86.0. The molecule has 4 heavy (non-hydrogen) atoms. The van der Waals surface area contributed by atoms with Gasteiger partial charge in [0.05, 0.1) is 0 Å². The van der Waals surface area contributed by atoms with Crippen molar-refractivity contribution in [2.75, 3.05) is 0 Å². The molecule has 0 unspecified atom stereocenters. The van der Waals surface area contributed by atoms with Gasteiger partial charge in [0.2, 0.25) is 0 Å². The molecular weight excluding hydrogens is 315 g/mol. The van der Waals surface area contributed by atoms with Gasteiger partial charge in [-0.05, 0) is 0 Å². The molecule has 0 rings (SSSR count). The smallest absolute Gasteiger partial charge is 0 e. The summed E-state index contributed by atoms with van der Waals surface area (Å²) in [5.74, 6) is 0. The second kappa shape index (κ2) is 20.5. The van der Waals surface area contributed by atoms with Gasteiger partial charge < -0.3 is 0 Å². The standard InChI is InChI=1S/Co.O.Sb.Sn. The molecule has 0 fully saturated rings. The van der Waals surface area contributed by atoms with E-state index in [-0.39, 0.29) is 48.3 Å². The molecular formula is CoOSbSn. The molecule has 0 aromatic carbocycles. The molecule has 0 aliphatic carbocycles. The largest absolute Gasteiger partial charge is 0 e. The maximum atomic E-state index is 7.94. The van der Waals surface area contributed by atoms with E-state index < -0.39 is 0 Å².